The van der Waals surface area contributed by atoms with Gasteiger partial charge in [0.2, 0.25) is 0 Å². The summed E-state index contributed by atoms with van der Waals surface area (Å²) in [6.07, 6.45) is 13.6. The molecule has 0 bridgehead atoms. The maximum atomic E-state index is 6.73. The normalized spacial score (nSPS) is 14.9. The lowest BCUT2D eigenvalue weighted by atomic mass is 9.78. The molecule has 0 atom stereocenters. The molecular weight excluding hydrogens is 725 g/mol. The van der Waals surface area contributed by atoms with E-state index in [9.17, 15) is 0 Å². The van der Waals surface area contributed by atoms with Crippen LogP contribution in [0.25, 0.3) is 117 Å². The van der Waals surface area contributed by atoms with Crippen molar-refractivity contribution in [3.63, 3.8) is 0 Å². The van der Waals surface area contributed by atoms with Crippen molar-refractivity contribution in [3.05, 3.63) is 185 Å². The quantitative estimate of drug-likeness (QED) is 0.175. The van der Waals surface area contributed by atoms with E-state index in [1.54, 1.807) is 0 Å². The number of hydrogen-bond donors (Lipinski definition) is 0. The monoisotopic (exact) mass is 766 g/mol. The fourth-order valence-electron chi connectivity index (χ4n) is 11.6. The van der Waals surface area contributed by atoms with E-state index in [1.807, 2.05) is 0 Å². The van der Waals surface area contributed by atoms with Crippen molar-refractivity contribution in [1.82, 2.24) is 0 Å². The van der Waals surface area contributed by atoms with Crippen molar-refractivity contribution in [2.75, 3.05) is 0 Å². The summed E-state index contributed by atoms with van der Waals surface area (Å²) in [6.45, 7) is 4.83. The van der Waals surface area contributed by atoms with E-state index in [2.05, 4.69) is 184 Å². The molecule has 0 saturated carbocycles. The predicted octanol–water partition coefficient (Wildman–Crippen LogP) is 14.7. The van der Waals surface area contributed by atoms with Crippen LogP contribution in [0.1, 0.15) is 55.6 Å². The Morgan fingerprint density at radius 3 is 1.80 bits per heavy atom. The van der Waals surface area contributed by atoms with E-state index < -0.39 is 0 Å². The first kappa shape index (κ1) is 34.0. The summed E-state index contributed by atoms with van der Waals surface area (Å²) < 4.78 is 6.73. The number of furan rings is 1. The average molecular weight is 767 g/mol. The molecule has 13 rings (SSSR count). The fraction of sp³-hybridized carbons (Fsp3) is 0.119. The number of fused-ring (bicyclic) bond motifs is 14. The number of rotatable bonds is 3. The molecule has 1 heteroatoms. The van der Waals surface area contributed by atoms with Gasteiger partial charge in [0.05, 0.1) is 0 Å². The van der Waals surface area contributed by atoms with Gasteiger partial charge in [-0.1, -0.05) is 172 Å². The van der Waals surface area contributed by atoms with Crippen LogP contribution in [-0.4, -0.2) is 0 Å². The summed E-state index contributed by atoms with van der Waals surface area (Å²) in [5.74, 6) is 1.03. The lowest BCUT2D eigenvalue weighted by molar-refractivity contribution is 0.598. The Balaban J connectivity index is 1.05. The van der Waals surface area contributed by atoms with Crippen LogP contribution in [-0.2, 0) is 11.8 Å². The van der Waals surface area contributed by atoms with Crippen molar-refractivity contribution >= 4 is 72.3 Å². The smallest absolute Gasteiger partial charge is 0.143 e. The largest absolute Gasteiger partial charge is 0.456 e. The lowest BCUT2D eigenvalue weighted by Gasteiger charge is -2.23. The third-order valence-corrected chi connectivity index (χ3v) is 14.1. The Kier molecular flexibility index (Phi) is 7.09. The van der Waals surface area contributed by atoms with Crippen LogP contribution < -0.4 is 10.4 Å². The van der Waals surface area contributed by atoms with E-state index >= 15 is 0 Å². The second-order valence-electron chi connectivity index (χ2n) is 17.6. The molecule has 284 valence electrons. The van der Waals surface area contributed by atoms with Gasteiger partial charge >= 0.3 is 0 Å². The van der Waals surface area contributed by atoms with Gasteiger partial charge in [-0.3, -0.25) is 0 Å². The molecule has 0 aliphatic heterocycles. The molecule has 3 aliphatic carbocycles. The molecule has 60 heavy (non-hydrogen) atoms. The highest BCUT2D eigenvalue weighted by Crippen LogP contribution is 2.57. The zero-order valence-corrected chi connectivity index (χ0v) is 33.9. The Morgan fingerprint density at radius 2 is 1.07 bits per heavy atom. The van der Waals surface area contributed by atoms with Gasteiger partial charge in [-0.2, -0.15) is 0 Å². The summed E-state index contributed by atoms with van der Waals surface area (Å²) in [4.78, 5) is 0. The van der Waals surface area contributed by atoms with Crippen molar-refractivity contribution in [3.8, 4) is 44.5 Å². The molecule has 0 radical (unpaired) electrons. The molecule has 0 fully saturated rings. The molecule has 1 aromatic heterocycles. The SMILES string of the molecule is CC1(C)c2ccc(-c3ccc(-c4c5c(c(-c6cccc7ccccc67)c6ccccc46)=CCCC=5)c4ccccc34)cc2-c2c1c1c3c(oc1c1ccccc21)C=CCC3. The highest BCUT2D eigenvalue weighted by Gasteiger charge is 2.40. The van der Waals surface area contributed by atoms with E-state index in [0.717, 1.165) is 37.0 Å². The maximum absolute atomic E-state index is 6.73. The van der Waals surface area contributed by atoms with Gasteiger partial charge < -0.3 is 4.42 Å². The number of aryl methyl sites for hydroxylation is 1. The number of hydrogen-bond acceptors (Lipinski definition) is 1. The van der Waals surface area contributed by atoms with Crippen molar-refractivity contribution in [1.29, 1.82) is 0 Å². The summed E-state index contributed by atoms with van der Waals surface area (Å²) in [7, 11) is 0. The van der Waals surface area contributed by atoms with Gasteiger partial charge in [0, 0.05) is 21.8 Å². The van der Waals surface area contributed by atoms with Gasteiger partial charge in [-0.05, 0) is 142 Å². The summed E-state index contributed by atoms with van der Waals surface area (Å²) in [5.41, 5.74) is 15.5. The van der Waals surface area contributed by atoms with Gasteiger partial charge in [0.15, 0.2) is 0 Å². The van der Waals surface area contributed by atoms with Crippen LogP contribution in [0.3, 0.4) is 0 Å². The zero-order valence-electron chi connectivity index (χ0n) is 33.9. The first-order valence-electron chi connectivity index (χ1n) is 21.6. The van der Waals surface area contributed by atoms with Crippen molar-refractivity contribution in [2.45, 2.75) is 44.9 Å². The average Bonchev–Trinajstić information content (AvgIpc) is 3.80. The van der Waals surface area contributed by atoms with Crippen molar-refractivity contribution in [2.24, 2.45) is 0 Å². The number of benzene rings is 9. The highest BCUT2D eigenvalue weighted by atomic mass is 16.3. The third-order valence-electron chi connectivity index (χ3n) is 14.1. The minimum absolute atomic E-state index is 0.178. The van der Waals surface area contributed by atoms with E-state index in [4.69, 9.17) is 4.42 Å². The van der Waals surface area contributed by atoms with Crippen LogP contribution in [0, 0.1) is 0 Å². The van der Waals surface area contributed by atoms with Gasteiger partial charge in [0.1, 0.15) is 11.3 Å². The standard InChI is InChI=1S/C59H42O/c1-59(2)51-33-30-36(34-50(51)55-46-25-11-12-26-48(46)58-56(57(55)59)49-27-13-14-29-52(49)60-58)38-31-32-47(40-20-6-5-19-39(38)40)54-44-23-9-7-21-42(44)53(43-22-8-10-24-45(43)54)41-28-15-17-35-16-3-4-18-37(35)41/h3-7,9,11-12,14-26,28-34H,8,10,13,27H2,1-2H3. The molecule has 0 spiro atoms. The highest BCUT2D eigenvalue weighted by molar-refractivity contribution is 6.19. The second-order valence-corrected chi connectivity index (χ2v) is 17.6. The number of allylic oxidation sites excluding steroid dienone is 1. The summed E-state index contributed by atoms with van der Waals surface area (Å²) in [5, 5.41) is 14.3. The van der Waals surface area contributed by atoms with E-state index in [0.29, 0.717) is 0 Å². The fourth-order valence-corrected chi connectivity index (χ4v) is 11.6. The molecule has 0 unspecified atom stereocenters. The summed E-state index contributed by atoms with van der Waals surface area (Å²) >= 11 is 0. The van der Waals surface area contributed by atoms with Gasteiger partial charge in [-0.25, -0.2) is 0 Å². The van der Waals surface area contributed by atoms with Crippen molar-refractivity contribution < 1.29 is 4.42 Å². The van der Waals surface area contributed by atoms with Crippen LogP contribution in [0.5, 0.6) is 0 Å². The van der Waals surface area contributed by atoms with E-state index in [-0.39, 0.29) is 5.41 Å². The molecule has 0 saturated heterocycles. The van der Waals surface area contributed by atoms with Crippen LogP contribution in [0.4, 0.5) is 0 Å². The Hall–Kier alpha value is -6.96. The molecule has 0 amide bonds. The first-order chi connectivity index (χ1) is 29.6. The Morgan fingerprint density at radius 1 is 0.483 bits per heavy atom. The predicted molar refractivity (Wildman–Crippen MR) is 255 cm³/mol. The molecule has 10 aromatic rings. The van der Waals surface area contributed by atoms with Gasteiger partial charge in [-0.15, -0.1) is 0 Å². The minimum Gasteiger partial charge on any atom is -0.456 e. The summed E-state index contributed by atoms with van der Waals surface area (Å²) in [6, 6.07) is 54.8. The maximum Gasteiger partial charge on any atom is 0.143 e. The molecule has 3 aliphatic rings. The second kappa shape index (κ2) is 12.5. The van der Waals surface area contributed by atoms with Crippen LogP contribution in [0.2, 0.25) is 0 Å². The zero-order chi connectivity index (χ0) is 39.7. The van der Waals surface area contributed by atoms with Crippen LogP contribution >= 0.6 is 0 Å². The minimum atomic E-state index is -0.178. The first-order valence-corrected chi connectivity index (χ1v) is 21.6. The molecule has 1 heterocycles. The molecular formula is C59H42O. The van der Waals surface area contributed by atoms with Gasteiger partial charge in [0.25, 0.3) is 0 Å². The van der Waals surface area contributed by atoms with Crippen LogP contribution in [0.15, 0.2) is 156 Å². The topological polar surface area (TPSA) is 13.1 Å². The van der Waals surface area contributed by atoms with E-state index in [1.165, 1.54) is 120 Å². The molecule has 0 N–H and O–H groups in total. The Labute approximate surface area is 349 Å². The Bertz CT molecular complexity index is 3680. The third kappa shape index (κ3) is 4.58. The lowest BCUT2D eigenvalue weighted by Crippen LogP contribution is -2.31. The molecule has 1 nitrogen and oxygen atoms in total. The molecule has 9 aromatic carbocycles.